The topological polar surface area (TPSA) is 136 Å². The van der Waals surface area contributed by atoms with Gasteiger partial charge in [0.2, 0.25) is 0 Å². The van der Waals surface area contributed by atoms with Crippen molar-refractivity contribution in [3.63, 3.8) is 0 Å². The van der Waals surface area contributed by atoms with Crippen molar-refractivity contribution in [2.45, 2.75) is 36.6 Å². The van der Waals surface area contributed by atoms with Crippen molar-refractivity contribution in [1.29, 1.82) is 0 Å². The van der Waals surface area contributed by atoms with Gasteiger partial charge in [-0.1, -0.05) is 0 Å². The quantitative estimate of drug-likeness (QED) is 0.316. The predicted molar refractivity (Wildman–Crippen MR) is 55.8 cm³/mol. The van der Waals surface area contributed by atoms with E-state index in [-0.39, 0.29) is 25.4 Å². The van der Waals surface area contributed by atoms with Gasteiger partial charge in [0, 0.05) is 6.61 Å². The summed E-state index contributed by atoms with van der Waals surface area (Å²) >= 11 is 0. The highest BCUT2D eigenvalue weighted by atomic mass is 35.5. The molecule has 0 radical (unpaired) electrons. The monoisotopic (exact) mass is 259 g/mol. The molecule has 1 aliphatic heterocycles. The molecule has 16 heavy (non-hydrogen) atoms. The van der Waals surface area contributed by atoms with E-state index in [0.29, 0.717) is 0 Å². The van der Waals surface area contributed by atoms with Crippen molar-refractivity contribution in [2.75, 3.05) is 13.2 Å². The molecule has 0 aliphatic carbocycles. The lowest BCUT2D eigenvalue weighted by Crippen LogP contribution is -2.71. The van der Waals surface area contributed by atoms with Crippen molar-refractivity contribution < 1.29 is 30.3 Å². The highest BCUT2D eigenvalue weighted by Gasteiger charge is 2.52. The van der Waals surface area contributed by atoms with Crippen LogP contribution >= 0.6 is 12.4 Å². The number of halogens is 1. The van der Waals surface area contributed by atoms with Crippen LogP contribution in [0.25, 0.3) is 0 Å². The summed E-state index contributed by atoms with van der Waals surface area (Å²) in [6.07, 6.45) is -5.60. The maximum Gasteiger partial charge on any atom is 0.176 e. The number of aliphatic hydroxyl groups excluding tert-OH is 5. The normalized spacial score (nSPS) is 43.9. The lowest BCUT2D eigenvalue weighted by atomic mass is 9.82. The van der Waals surface area contributed by atoms with Crippen LogP contribution in [0.5, 0.6) is 0 Å². The van der Waals surface area contributed by atoms with Gasteiger partial charge < -0.3 is 36.0 Å². The van der Waals surface area contributed by atoms with E-state index in [4.69, 9.17) is 20.7 Å². The summed E-state index contributed by atoms with van der Waals surface area (Å²) in [5.41, 5.74) is 4.01. The van der Waals surface area contributed by atoms with Crippen LogP contribution in [0.1, 0.15) is 6.42 Å². The third kappa shape index (κ3) is 2.63. The van der Waals surface area contributed by atoms with Crippen molar-refractivity contribution in [1.82, 2.24) is 0 Å². The zero-order chi connectivity index (χ0) is 11.6. The molecule has 0 aromatic heterocycles. The lowest BCUT2D eigenvalue weighted by Gasteiger charge is -2.46. The smallest absolute Gasteiger partial charge is 0.176 e. The van der Waals surface area contributed by atoms with Crippen LogP contribution in [0.2, 0.25) is 0 Å². The van der Waals surface area contributed by atoms with Gasteiger partial charge in [-0.2, -0.15) is 0 Å². The average molecular weight is 260 g/mol. The molecule has 5 atom stereocenters. The molecule has 8 heteroatoms. The number of rotatable bonds is 3. The Morgan fingerprint density at radius 1 is 1.19 bits per heavy atom. The van der Waals surface area contributed by atoms with Crippen LogP contribution in [0.3, 0.4) is 0 Å². The molecule has 1 fully saturated rings. The third-order valence-corrected chi connectivity index (χ3v) is 2.74. The van der Waals surface area contributed by atoms with Crippen molar-refractivity contribution in [3.8, 4) is 0 Å². The number of aliphatic hydroxyl groups is 5. The molecule has 1 saturated heterocycles. The van der Waals surface area contributed by atoms with Gasteiger partial charge in [0.05, 0.1) is 12.1 Å². The minimum Gasteiger partial charge on any atom is -0.396 e. The molecule has 98 valence electrons. The highest BCUT2D eigenvalue weighted by molar-refractivity contribution is 5.85. The minimum absolute atomic E-state index is 0. The first-order valence-corrected chi connectivity index (χ1v) is 4.67. The molecule has 7 N–H and O–H groups in total. The van der Waals surface area contributed by atoms with Crippen molar-refractivity contribution in [3.05, 3.63) is 0 Å². The molecule has 0 aromatic rings. The lowest BCUT2D eigenvalue weighted by molar-refractivity contribution is -0.279. The zero-order valence-electron chi connectivity index (χ0n) is 8.56. The molecule has 1 unspecified atom stereocenters. The van der Waals surface area contributed by atoms with E-state index in [1.807, 2.05) is 0 Å². The zero-order valence-corrected chi connectivity index (χ0v) is 9.38. The van der Waals surface area contributed by atoms with Gasteiger partial charge in [0.25, 0.3) is 0 Å². The van der Waals surface area contributed by atoms with Gasteiger partial charge in [-0.05, 0) is 6.42 Å². The van der Waals surface area contributed by atoms with E-state index in [1.54, 1.807) is 0 Å². The average Bonchev–Trinajstić information content (AvgIpc) is 2.21. The predicted octanol–water partition coefficient (Wildman–Crippen LogP) is -3.08. The molecule has 0 aromatic carbocycles. The first kappa shape index (κ1) is 16.0. The van der Waals surface area contributed by atoms with Gasteiger partial charge in [0.15, 0.2) is 6.29 Å². The van der Waals surface area contributed by atoms with Crippen molar-refractivity contribution >= 4 is 12.4 Å². The van der Waals surface area contributed by atoms with Crippen LogP contribution in [-0.4, -0.2) is 68.9 Å². The number of hydrogen-bond acceptors (Lipinski definition) is 7. The van der Waals surface area contributed by atoms with Gasteiger partial charge in [0.1, 0.15) is 18.3 Å². The Morgan fingerprint density at radius 3 is 2.19 bits per heavy atom. The summed E-state index contributed by atoms with van der Waals surface area (Å²) in [4.78, 5) is 0. The van der Waals surface area contributed by atoms with E-state index in [9.17, 15) is 15.3 Å². The molecule has 0 saturated carbocycles. The minimum atomic E-state index is -1.63. The first-order valence-electron chi connectivity index (χ1n) is 4.67. The van der Waals surface area contributed by atoms with Crippen LogP contribution in [0.15, 0.2) is 0 Å². The molecule has 1 heterocycles. The Morgan fingerprint density at radius 2 is 1.75 bits per heavy atom. The van der Waals surface area contributed by atoms with Crippen LogP contribution in [-0.2, 0) is 4.74 Å². The standard InChI is InChI=1S/C8H17NO6.ClH/c9-8(1-2-10)6(13)5(12)4(3-11)15-7(8)14;/h4-7,10-14H,1-3,9H2;1H/t4-,5-,6+,7?,8-;/m1./s1. The second-order valence-electron chi connectivity index (χ2n) is 3.73. The van der Waals surface area contributed by atoms with Gasteiger partial charge in [-0.15, -0.1) is 12.4 Å². The van der Waals surface area contributed by atoms with Gasteiger partial charge in [-0.3, -0.25) is 0 Å². The summed E-state index contributed by atoms with van der Waals surface area (Å²) in [6.45, 7) is -0.894. The highest BCUT2D eigenvalue weighted by Crippen LogP contribution is 2.29. The Kier molecular flexibility index (Phi) is 6.09. The Bertz CT molecular complexity index is 221. The molecule has 0 amide bonds. The van der Waals surface area contributed by atoms with Crippen LogP contribution < -0.4 is 5.73 Å². The Balaban J connectivity index is 0.00000225. The van der Waals surface area contributed by atoms with E-state index >= 15 is 0 Å². The molecule has 1 aliphatic rings. The fraction of sp³-hybridized carbons (Fsp3) is 1.00. The maximum atomic E-state index is 9.66. The number of ether oxygens (including phenoxy) is 1. The first-order chi connectivity index (χ1) is 6.97. The Hall–Kier alpha value is 0.01000. The molecular formula is C8H18ClNO6. The van der Waals surface area contributed by atoms with E-state index in [2.05, 4.69) is 0 Å². The van der Waals surface area contributed by atoms with Crippen LogP contribution in [0, 0.1) is 0 Å². The van der Waals surface area contributed by atoms with E-state index < -0.39 is 36.7 Å². The number of hydrogen-bond donors (Lipinski definition) is 6. The molecule has 1 rings (SSSR count). The fourth-order valence-electron chi connectivity index (χ4n) is 1.66. The van der Waals surface area contributed by atoms with E-state index in [0.717, 1.165) is 0 Å². The number of nitrogens with two attached hydrogens (primary N) is 1. The fourth-order valence-corrected chi connectivity index (χ4v) is 1.66. The molecule has 0 bridgehead atoms. The van der Waals surface area contributed by atoms with Gasteiger partial charge in [-0.25, -0.2) is 0 Å². The second kappa shape index (κ2) is 6.08. The summed E-state index contributed by atoms with van der Waals surface area (Å²) in [6, 6.07) is 0. The summed E-state index contributed by atoms with van der Waals surface area (Å²) in [5, 5.41) is 46.2. The SMILES string of the molecule is Cl.N[C@@]1(CCO)C(O)O[C@H](CO)[C@@H](O)[C@@H]1O. The Labute approximate surface area is 98.9 Å². The third-order valence-electron chi connectivity index (χ3n) is 2.74. The molecular weight excluding hydrogens is 242 g/mol. The summed E-state index contributed by atoms with van der Waals surface area (Å²) in [7, 11) is 0. The summed E-state index contributed by atoms with van der Waals surface area (Å²) < 4.78 is 4.85. The van der Waals surface area contributed by atoms with Gasteiger partial charge >= 0.3 is 0 Å². The van der Waals surface area contributed by atoms with Crippen molar-refractivity contribution in [2.24, 2.45) is 5.73 Å². The molecule has 7 nitrogen and oxygen atoms in total. The summed E-state index contributed by atoms with van der Waals surface area (Å²) in [5.74, 6) is 0. The van der Waals surface area contributed by atoms with Crippen LogP contribution in [0.4, 0.5) is 0 Å². The second-order valence-corrected chi connectivity index (χ2v) is 3.73. The van der Waals surface area contributed by atoms with E-state index in [1.165, 1.54) is 0 Å². The maximum absolute atomic E-state index is 9.66. The largest absolute Gasteiger partial charge is 0.396 e. The molecule has 0 spiro atoms.